The summed E-state index contributed by atoms with van der Waals surface area (Å²) in [5.74, 6) is 0.652. The number of rotatable bonds is 3. The number of hydrogen-bond donors (Lipinski definition) is 2. The van der Waals surface area contributed by atoms with Crippen LogP contribution in [0.2, 0.25) is 5.02 Å². The van der Waals surface area contributed by atoms with E-state index in [-0.39, 0.29) is 0 Å². The average molecular weight is 321 g/mol. The number of aryl methyl sites for hydroxylation is 2. The van der Waals surface area contributed by atoms with Gasteiger partial charge < -0.3 is 15.4 Å². The van der Waals surface area contributed by atoms with Crippen LogP contribution in [0.25, 0.3) is 0 Å². The van der Waals surface area contributed by atoms with Crippen LogP contribution in [0, 0.1) is 13.8 Å². The third-order valence-electron chi connectivity index (χ3n) is 3.12. The maximum absolute atomic E-state index is 6.10. The van der Waals surface area contributed by atoms with Crippen LogP contribution in [0.4, 0.5) is 11.4 Å². The van der Waals surface area contributed by atoms with Gasteiger partial charge in [0.15, 0.2) is 5.11 Å². The first-order valence-electron chi connectivity index (χ1n) is 6.49. The molecule has 0 heterocycles. The Morgan fingerprint density at radius 1 is 1.05 bits per heavy atom. The fourth-order valence-electron chi connectivity index (χ4n) is 1.92. The van der Waals surface area contributed by atoms with Crippen LogP contribution in [0.1, 0.15) is 11.1 Å². The van der Waals surface area contributed by atoms with Gasteiger partial charge in [-0.2, -0.15) is 0 Å². The first kappa shape index (κ1) is 15.6. The van der Waals surface area contributed by atoms with E-state index in [2.05, 4.69) is 10.6 Å². The van der Waals surface area contributed by atoms with Crippen LogP contribution in [0.15, 0.2) is 36.4 Å². The minimum atomic E-state index is 0.504. The van der Waals surface area contributed by atoms with Gasteiger partial charge in [0.1, 0.15) is 5.75 Å². The van der Waals surface area contributed by atoms with Crippen LogP contribution >= 0.6 is 23.8 Å². The van der Waals surface area contributed by atoms with Crippen molar-refractivity contribution in [3.05, 3.63) is 52.5 Å². The van der Waals surface area contributed by atoms with Gasteiger partial charge in [-0.1, -0.05) is 29.8 Å². The van der Waals surface area contributed by atoms with Gasteiger partial charge in [0.2, 0.25) is 0 Å². The summed E-state index contributed by atoms with van der Waals surface area (Å²) in [4.78, 5) is 0. The third-order valence-corrected chi connectivity index (χ3v) is 3.73. The molecule has 110 valence electrons. The van der Waals surface area contributed by atoms with Crippen molar-refractivity contribution in [1.82, 2.24) is 0 Å². The maximum atomic E-state index is 6.10. The van der Waals surface area contributed by atoms with E-state index in [1.165, 1.54) is 0 Å². The molecule has 21 heavy (non-hydrogen) atoms. The molecule has 0 aliphatic rings. The fraction of sp³-hybridized carbons (Fsp3) is 0.188. The average Bonchev–Trinajstić information content (AvgIpc) is 2.45. The third kappa shape index (κ3) is 3.86. The maximum Gasteiger partial charge on any atom is 0.175 e. The Morgan fingerprint density at radius 2 is 1.71 bits per heavy atom. The molecule has 0 aromatic heterocycles. The summed E-state index contributed by atoms with van der Waals surface area (Å²) in [5, 5.41) is 7.48. The molecule has 0 bridgehead atoms. The zero-order valence-electron chi connectivity index (χ0n) is 12.2. The van der Waals surface area contributed by atoms with Crippen molar-refractivity contribution in [1.29, 1.82) is 0 Å². The predicted octanol–water partition coefficient (Wildman–Crippen LogP) is 4.77. The normalized spacial score (nSPS) is 10.1. The van der Waals surface area contributed by atoms with E-state index in [9.17, 15) is 0 Å². The largest absolute Gasteiger partial charge is 0.495 e. The first-order chi connectivity index (χ1) is 10.0. The Labute approximate surface area is 135 Å². The van der Waals surface area contributed by atoms with Crippen LogP contribution in [-0.4, -0.2) is 12.2 Å². The minimum Gasteiger partial charge on any atom is -0.495 e. The standard InChI is InChI=1S/C16H17ClN2OS/c1-10-6-4-5-7-13(10)18-16(21)19-14-8-11(2)12(17)9-15(14)20-3/h4-9H,1-3H3,(H2,18,19,21). The molecule has 0 saturated carbocycles. The number of anilines is 2. The van der Waals surface area contributed by atoms with Gasteiger partial charge in [-0.25, -0.2) is 0 Å². The van der Waals surface area contributed by atoms with Gasteiger partial charge in [-0.15, -0.1) is 0 Å². The number of thiocarbonyl (C=S) groups is 1. The summed E-state index contributed by atoms with van der Waals surface area (Å²) in [5.41, 5.74) is 3.84. The van der Waals surface area contributed by atoms with Crippen molar-refractivity contribution in [3.63, 3.8) is 0 Å². The summed E-state index contributed by atoms with van der Waals surface area (Å²) in [6, 6.07) is 11.6. The van der Waals surface area contributed by atoms with E-state index in [1.54, 1.807) is 13.2 Å². The van der Waals surface area contributed by atoms with Crippen molar-refractivity contribution in [2.75, 3.05) is 17.7 Å². The molecule has 2 aromatic carbocycles. The highest BCUT2D eigenvalue weighted by molar-refractivity contribution is 7.80. The molecule has 0 aliphatic heterocycles. The second-order valence-electron chi connectivity index (χ2n) is 4.70. The van der Waals surface area contributed by atoms with Gasteiger partial charge in [0.25, 0.3) is 0 Å². The Kier molecular flexibility index (Phi) is 5.04. The fourth-order valence-corrected chi connectivity index (χ4v) is 2.29. The van der Waals surface area contributed by atoms with E-state index in [0.29, 0.717) is 15.9 Å². The van der Waals surface area contributed by atoms with Crippen molar-refractivity contribution in [2.24, 2.45) is 0 Å². The molecule has 0 amide bonds. The zero-order valence-corrected chi connectivity index (χ0v) is 13.7. The quantitative estimate of drug-likeness (QED) is 0.798. The van der Waals surface area contributed by atoms with Gasteiger partial charge in [-0.3, -0.25) is 0 Å². The van der Waals surface area contributed by atoms with E-state index < -0.39 is 0 Å². The number of hydrogen-bond acceptors (Lipinski definition) is 2. The summed E-state index contributed by atoms with van der Waals surface area (Å²) in [6.07, 6.45) is 0. The minimum absolute atomic E-state index is 0.504. The Balaban J connectivity index is 2.17. The lowest BCUT2D eigenvalue weighted by atomic mass is 10.2. The van der Waals surface area contributed by atoms with Crippen LogP contribution in [-0.2, 0) is 0 Å². The van der Waals surface area contributed by atoms with Gasteiger partial charge in [-0.05, 0) is 49.3 Å². The Hall–Kier alpha value is -1.78. The lowest BCUT2D eigenvalue weighted by Gasteiger charge is -2.15. The predicted molar refractivity (Wildman–Crippen MR) is 93.8 cm³/mol. The zero-order chi connectivity index (χ0) is 15.4. The molecule has 0 spiro atoms. The van der Waals surface area contributed by atoms with Crippen molar-refractivity contribution in [2.45, 2.75) is 13.8 Å². The molecule has 0 radical (unpaired) electrons. The van der Waals surface area contributed by atoms with Gasteiger partial charge in [0.05, 0.1) is 12.8 Å². The van der Waals surface area contributed by atoms with E-state index in [0.717, 1.165) is 22.5 Å². The van der Waals surface area contributed by atoms with Gasteiger partial charge >= 0.3 is 0 Å². The molecule has 0 atom stereocenters. The van der Waals surface area contributed by atoms with Crippen molar-refractivity contribution < 1.29 is 4.74 Å². The number of halogens is 1. The second-order valence-corrected chi connectivity index (χ2v) is 5.51. The highest BCUT2D eigenvalue weighted by Gasteiger charge is 2.09. The monoisotopic (exact) mass is 320 g/mol. The highest BCUT2D eigenvalue weighted by atomic mass is 35.5. The molecule has 3 nitrogen and oxygen atoms in total. The topological polar surface area (TPSA) is 33.3 Å². The molecular weight excluding hydrogens is 304 g/mol. The lowest BCUT2D eigenvalue weighted by molar-refractivity contribution is 0.417. The molecule has 0 fully saturated rings. The highest BCUT2D eigenvalue weighted by Crippen LogP contribution is 2.31. The molecule has 2 aromatic rings. The van der Waals surface area contributed by atoms with Gasteiger partial charge in [0, 0.05) is 16.8 Å². The van der Waals surface area contributed by atoms with E-state index in [1.807, 2.05) is 44.2 Å². The van der Waals surface area contributed by atoms with Crippen LogP contribution in [0.5, 0.6) is 5.75 Å². The number of benzene rings is 2. The number of methoxy groups -OCH3 is 1. The summed E-state index contributed by atoms with van der Waals surface area (Å²) >= 11 is 11.4. The van der Waals surface area contributed by atoms with Crippen molar-refractivity contribution >= 4 is 40.3 Å². The number of ether oxygens (including phenoxy) is 1. The number of nitrogens with one attached hydrogen (secondary N) is 2. The van der Waals surface area contributed by atoms with Crippen LogP contribution in [0.3, 0.4) is 0 Å². The SMILES string of the molecule is COc1cc(Cl)c(C)cc1NC(=S)Nc1ccccc1C. The van der Waals surface area contributed by atoms with Crippen molar-refractivity contribution in [3.8, 4) is 5.75 Å². The molecule has 0 aliphatic carbocycles. The first-order valence-corrected chi connectivity index (χ1v) is 7.27. The second kappa shape index (κ2) is 6.78. The summed E-state index contributed by atoms with van der Waals surface area (Å²) < 4.78 is 5.32. The molecule has 5 heteroatoms. The molecule has 2 N–H and O–H groups in total. The Bertz CT molecular complexity index is 673. The lowest BCUT2D eigenvalue weighted by Crippen LogP contribution is -2.20. The molecular formula is C16H17ClN2OS. The van der Waals surface area contributed by atoms with Crippen LogP contribution < -0.4 is 15.4 Å². The Morgan fingerprint density at radius 3 is 2.38 bits per heavy atom. The van der Waals surface area contributed by atoms with E-state index in [4.69, 9.17) is 28.6 Å². The number of para-hydroxylation sites is 1. The summed E-state index contributed by atoms with van der Waals surface area (Å²) in [7, 11) is 1.60. The molecule has 0 unspecified atom stereocenters. The molecule has 2 rings (SSSR count). The summed E-state index contributed by atoms with van der Waals surface area (Å²) in [6.45, 7) is 3.96. The smallest absolute Gasteiger partial charge is 0.175 e. The molecule has 0 saturated heterocycles. The van der Waals surface area contributed by atoms with E-state index >= 15 is 0 Å².